The van der Waals surface area contributed by atoms with Crippen LogP contribution in [-0.2, 0) is 10.2 Å². The molecule has 1 aromatic heterocycles. The third-order valence-electron chi connectivity index (χ3n) is 5.72. The Hall–Kier alpha value is -3.48. The molecule has 1 aliphatic rings. The van der Waals surface area contributed by atoms with Crippen LogP contribution in [-0.4, -0.2) is 30.1 Å². The molecule has 0 radical (unpaired) electrons. The van der Waals surface area contributed by atoms with Gasteiger partial charge in [-0.2, -0.15) is 0 Å². The van der Waals surface area contributed by atoms with E-state index in [9.17, 15) is 9.59 Å². The van der Waals surface area contributed by atoms with Gasteiger partial charge in [-0.1, -0.05) is 72.8 Å². The van der Waals surface area contributed by atoms with Crippen molar-refractivity contribution in [2.45, 2.75) is 5.41 Å². The molecule has 154 valence electrons. The molecule has 0 fully saturated rings. The van der Waals surface area contributed by atoms with E-state index in [1.165, 1.54) is 11.3 Å². The number of carbonyl (C=O) groups excluding carboxylic acids is 2. The fourth-order valence-corrected chi connectivity index (χ4v) is 5.54. The van der Waals surface area contributed by atoms with Crippen molar-refractivity contribution < 1.29 is 14.7 Å². The quantitative estimate of drug-likeness (QED) is 0.451. The highest BCUT2D eigenvalue weighted by Gasteiger charge is 2.48. The highest BCUT2D eigenvalue weighted by atomic mass is 32.1. The fraction of sp³-hybridized carbons (Fsp3) is 0.120. The molecule has 0 unspecified atom stereocenters. The molecule has 0 atom stereocenters. The lowest BCUT2D eigenvalue weighted by Gasteiger charge is -2.38. The smallest absolute Gasteiger partial charge is 0.263 e. The number of hydrogen-bond acceptors (Lipinski definition) is 4. The number of aliphatic hydroxyl groups is 1. The molecule has 6 heteroatoms. The van der Waals surface area contributed by atoms with Gasteiger partial charge in [0.25, 0.3) is 5.91 Å². The lowest BCUT2D eigenvalue weighted by molar-refractivity contribution is -0.119. The van der Waals surface area contributed by atoms with Gasteiger partial charge in [0.15, 0.2) is 0 Å². The van der Waals surface area contributed by atoms with Gasteiger partial charge in [-0.05, 0) is 22.8 Å². The first-order valence-electron chi connectivity index (χ1n) is 10.1. The van der Waals surface area contributed by atoms with E-state index >= 15 is 0 Å². The van der Waals surface area contributed by atoms with Gasteiger partial charge >= 0.3 is 0 Å². The molecule has 0 saturated heterocycles. The van der Waals surface area contributed by atoms with E-state index in [1.54, 1.807) is 0 Å². The molecule has 2 amide bonds. The van der Waals surface area contributed by atoms with E-state index in [0.717, 1.165) is 26.8 Å². The summed E-state index contributed by atoms with van der Waals surface area (Å²) in [5.74, 6) is -0.497. The van der Waals surface area contributed by atoms with Crippen LogP contribution in [0.5, 0.6) is 0 Å². The van der Waals surface area contributed by atoms with Crippen LogP contribution in [0.15, 0.2) is 78.9 Å². The molecular formula is C25H20N2O3S. The van der Waals surface area contributed by atoms with Gasteiger partial charge in [0, 0.05) is 16.6 Å². The third-order valence-corrected chi connectivity index (χ3v) is 6.87. The second kappa shape index (κ2) is 7.65. The van der Waals surface area contributed by atoms with Crippen molar-refractivity contribution in [1.29, 1.82) is 0 Å². The van der Waals surface area contributed by atoms with Gasteiger partial charge in [-0.25, -0.2) is 0 Å². The van der Waals surface area contributed by atoms with Crippen LogP contribution < -0.4 is 10.6 Å². The summed E-state index contributed by atoms with van der Waals surface area (Å²) in [5, 5.41) is 15.7. The fourth-order valence-electron chi connectivity index (χ4n) is 4.44. The number of rotatable bonds is 5. The maximum atomic E-state index is 13.9. The van der Waals surface area contributed by atoms with E-state index < -0.39 is 5.41 Å². The third kappa shape index (κ3) is 2.87. The molecular weight excluding hydrogens is 408 g/mol. The summed E-state index contributed by atoms with van der Waals surface area (Å²) < 4.78 is 0.929. The largest absolute Gasteiger partial charge is 0.395 e. The predicted octanol–water partition coefficient (Wildman–Crippen LogP) is 3.91. The maximum absolute atomic E-state index is 13.9. The monoisotopic (exact) mass is 428 g/mol. The summed E-state index contributed by atoms with van der Waals surface area (Å²) in [6, 6.07) is 25.4. The van der Waals surface area contributed by atoms with Crippen molar-refractivity contribution in [2.75, 3.05) is 18.5 Å². The van der Waals surface area contributed by atoms with Gasteiger partial charge in [-0.3, -0.25) is 9.59 Å². The highest BCUT2D eigenvalue weighted by molar-refractivity contribution is 7.21. The number of benzene rings is 3. The van der Waals surface area contributed by atoms with Crippen molar-refractivity contribution in [3.63, 3.8) is 0 Å². The van der Waals surface area contributed by atoms with Crippen LogP contribution in [0.1, 0.15) is 26.4 Å². The number of thiophene rings is 1. The first-order valence-corrected chi connectivity index (χ1v) is 10.9. The molecule has 5 nitrogen and oxygen atoms in total. The zero-order valence-corrected chi connectivity index (χ0v) is 17.4. The molecule has 0 saturated carbocycles. The normalized spacial score (nSPS) is 14.3. The summed E-state index contributed by atoms with van der Waals surface area (Å²) in [4.78, 5) is 27.1. The van der Waals surface area contributed by atoms with Gasteiger partial charge in [0.1, 0.15) is 10.3 Å². The van der Waals surface area contributed by atoms with E-state index in [0.29, 0.717) is 10.6 Å². The first kappa shape index (κ1) is 19.5. The molecule has 1 aliphatic heterocycles. The van der Waals surface area contributed by atoms with Crippen molar-refractivity contribution in [3.05, 3.63) is 100 Å². The van der Waals surface area contributed by atoms with E-state index in [2.05, 4.69) is 10.6 Å². The topological polar surface area (TPSA) is 78.4 Å². The number of aliphatic hydroxyl groups excluding tert-OH is 1. The lowest BCUT2D eigenvalue weighted by atomic mass is 9.66. The minimum absolute atomic E-state index is 0.144. The minimum atomic E-state index is -1.03. The Bertz CT molecular complexity index is 1240. The Balaban J connectivity index is 1.83. The minimum Gasteiger partial charge on any atom is -0.395 e. The Kier molecular flexibility index (Phi) is 4.81. The average molecular weight is 429 g/mol. The maximum Gasteiger partial charge on any atom is 0.263 e. The van der Waals surface area contributed by atoms with Crippen LogP contribution in [0.2, 0.25) is 0 Å². The second-order valence-corrected chi connectivity index (χ2v) is 8.45. The summed E-state index contributed by atoms with van der Waals surface area (Å²) in [7, 11) is 0. The summed E-state index contributed by atoms with van der Waals surface area (Å²) >= 11 is 1.35. The lowest BCUT2D eigenvalue weighted by Crippen LogP contribution is -2.45. The SMILES string of the molecule is O=C(NCCO)c1sc2cccc3c2c1NC(=O)C3(c1ccccc1)c1ccccc1. The molecule has 31 heavy (non-hydrogen) atoms. The average Bonchev–Trinajstić information content (AvgIpc) is 3.18. The Morgan fingerprint density at radius 2 is 1.58 bits per heavy atom. The van der Waals surface area contributed by atoms with Gasteiger partial charge in [0.2, 0.25) is 5.91 Å². The number of carbonyl (C=O) groups is 2. The molecule has 2 heterocycles. The van der Waals surface area contributed by atoms with Crippen LogP contribution in [0.4, 0.5) is 5.69 Å². The molecule has 3 N–H and O–H groups in total. The summed E-state index contributed by atoms with van der Waals surface area (Å²) in [6.45, 7) is 0.0139. The molecule has 0 aliphatic carbocycles. The molecule has 5 rings (SSSR count). The van der Waals surface area contributed by atoms with Gasteiger partial charge in [-0.15, -0.1) is 11.3 Å². The van der Waals surface area contributed by atoms with Crippen LogP contribution in [0.3, 0.4) is 0 Å². The standard InChI is InChI=1S/C25H20N2O3S/c28-15-14-26-23(29)22-21-20-18(12-7-13-19(20)31-22)25(24(30)27-21,16-8-3-1-4-9-16)17-10-5-2-6-11-17/h1-13,28H,14-15H2,(H,26,29)(H,27,30). The van der Waals surface area contributed by atoms with Crippen LogP contribution >= 0.6 is 11.3 Å². The molecule has 0 spiro atoms. The van der Waals surface area contributed by atoms with Crippen LogP contribution in [0, 0.1) is 0 Å². The Morgan fingerprint density at radius 3 is 2.19 bits per heavy atom. The van der Waals surface area contributed by atoms with Crippen LogP contribution in [0.25, 0.3) is 10.1 Å². The molecule has 3 aromatic carbocycles. The zero-order chi connectivity index (χ0) is 21.4. The van der Waals surface area contributed by atoms with Crippen molar-refractivity contribution in [1.82, 2.24) is 5.32 Å². The number of nitrogens with one attached hydrogen (secondary N) is 2. The Morgan fingerprint density at radius 1 is 0.935 bits per heavy atom. The summed E-state index contributed by atoms with van der Waals surface area (Å²) in [5.41, 5.74) is 2.11. The van der Waals surface area contributed by atoms with Crippen molar-refractivity contribution in [3.8, 4) is 0 Å². The van der Waals surface area contributed by atoms with E-state index in [4.69, 9.17) is 5.11 Å². The zero-order valence-electron chi connectivity index (χ0n) is 16.6. The van der Waals surface area contributed by atoms with Gasteiger partial charge in [0.05, 0.1) is 12.3 Å². The molecule has 0 bridgehead atoms. The van der Waals surface area contributed by atoms with Crippen molar-refractivity contribution >= 4 is 38.9 Å². The highest BCUT2D eigenvalue weighted by Crippen LogP contribution is 2.51. The number of hydrogen-bond donors (Lipinski definition) is 3. The predicted molar refractivity (Wildman–Crippen MR) is 123 cm³/mol. The summed E-state index contributed by atoms with van der Waals surface area (Å²) in [6.07, 6.45) is 0. The first-order chi connectivity index (χ1) is 15.2. The Labute approximate surface area is 183 Å². The molecule has 4 aromatic rings. The second-order valence-electron chi connectivity index (χ2n) is 7.40. The van der Waals surface area contributed by atoms with Crippen molar-refractivity contribution in [2.24, 2.45) is 0 Å². The number of anilines is 1. The van der Waals surface area contributed by atoms with E-state index in [1.807, 2.05) is 78.9 Å². The number of amides is 2. The van der Waals surface area contributed by atoms with E-state index in [-0.39, 0.29) is 25.0 Å². The van der Waals surface area contributed by atoms with Gasteiger partial charge < -0.3 is 15.7 Å².